The molecular formula is C12H18O4. The lowest BCUT2D eigenvalue weighted by molar-refractivity contribution is -0.147. The monoisotopic (exact) mass is 226 g/mol. The number of ether oxygens (including phenoxy) is 2. The maximum absolute atomic E-state index is 11.4. The Morgan fingerprint density at radius 2 is 1.31 bits per heavy atom. The van der Waals surface area contributed by atoms with E-state index in [1.807, 2.05) is 13.8 Å². The molecule has 4 nitrogen and oxygen atoms in total. The van der Waals surface area contributed by atoms with E-state index in [1.165, 1.54) is 0 Å². The minimum Gasteiger partial charge on any atom is -0.466 e. The van der Waals surface area contributed by atoms with Crippen LogP contribution in [0.5, 0.6) is 0 Å². The first kappa shape index (κ1) is 11.4. The maximum atomic E-state index is 11.4. The summed E-state index contributed by atoms with van der Waals surface area (Å²) in [4.78, 5) is 22.8. The summed E-state index contributed by atoms with van der Waals surface area (Å²) in [7, 11) is 0. The van der Waals surface area contributed by atoms with E-state index in [1.54, 1.807) is 0 Å². The second kappa shape index (κ2) is 4.44. The van der Waals surface area contributed by atoms with Gasteiger partial charge in [0.25, 0.3) is 0 Å². The van der Waals surface area contributed by atoms with Gasteiger partial charge in [0.05, 0.1) is 25.0 Å². The highest BCUT2D eigenvalue weighted by Crippen LogP contribution is 2.58. The molecular weight excluding hydrogens is 208 g/mol. The van der Waals surface area contributed by atoms with Gasteiger partial charge in [0.1, 0.15) is 0 Å². The van der Waals surface area contributed by atoms with Crippen molar-refractivity contribution in [1.29, 1.82) is 0 Å². The van der Waals surface area contributed by atoms with Crippen molar-refractivity contribution in [1.82, 2.24) is 0 Å². The molecule has 4 atom stereocenters. The van der Waals surface area contributed by atoms with Crippen LogP contribution >= 0.6 is 0 Å². The van der Waals surface area contributed by atoms with E-state index in [-0.39, 0.29) is 23.8 Å². The Morgan fingerprint density at radius 3 is 1.62 bits per heavy atom. The third kappa shape index (κ3) is 2.20. The van der Waals surface area contributed by atoms with Crippen LogP contribution in [0, 0.1) is 23.7 Å². The molecule has 0 amide bonds. The zero-order chi connectivity index (χ0) is 11.7. The van der Waals surface area contributed by atoms with Crippen molar-refractivity contribution >= 4 is 11.9 Å². The lowest BCUT2D eigenvalue weighted by atomic mass is 10.2. The smallest absolute Gasteiger partial charge is 0.309 e. The number of carbonyl (C=O) groups is 2. The highest BCUT2D eigenvalue weighted by atomic mass is 16.5. The van der Waals surface area contributed by atoms with Crippen LogP contribution in [0.25, 0.3) is 0 Å². The Bertz CT molecular complexity index is 269. The van der Waals surface area contributed by atoms with E-state index < -0.39 is 0 Å². The third-order valence-corrected chi connectivity index (χ3v) is 3.41. The van der Waals surface area contributed by atoms with Gasteiger partial charge in [-0.15, -0.1) is 0 Å². The van der Waals surface area contributed by atoms with Gasteiger partial charge in [0.15, 0.2) is 0 Å². The van der Waals surface area contributed by atoms with Crippen LogP contribution in [-0.4, -0.2) is 25.2 Å². The van der Waals surface area contributed by atoms with Gasteiger partial charge >= 0.3 is 11.9 Å². The molecule has 0 aliphatic heterocycles. The van der Waals surface area contributed by atoms with Crippen LogP contribution < -0.4 is 0 Å². The average molecular weight is 226 g/mol. The van der Waals surface area contributed by atoms with Gasteiger partial charge in [-0.25, -0.2) is 0 Å². The summed E-state index contributed by atoms with van der Waals surface area (Å²) in [5.41, 5.74) is 0. The SMILES string of the molecule is CCOC(=O)C1CC1C1CC1C(=O)OCC. The number of rotatable bonds is 5. The van der Waals surface area contributed by atoms with Gasteiger partial charge in [-0.05, 0) is 38.5 Å². The highest BCUT2D eigenvalue weighted by Gasteiger charge is 2.59. The first-order valence-electron chi connectivity index (χ1n) is 6.02. The quantitative estimate of drug-likeness (QED) is 0.665. The van der Waals surface area contributed by atoms with Crippen molar-refractivity contribution in [3.63, 3.8) is 0 Å². The molecule has 0 heterocycles. The van der Waals surface area contributed by atoms with E-state index in [2.05, 4.69) is 0 Å². The second-order valence-corrected chi connectivity index (χ2v) is 4.52. The zero-order valence-electron chi connectivity index (χ0n) is 9.77. The van der Waals surface area contributed by atoms with Crippen molar-refractivity contribution in [2.24, 2.45) is 23.7 Å². The van der Waals surface area contributed by atoms with Crippen molar-refractivity contribution in [2.75, 3.05) is 13.2 Å². The Labute approximate surface area is 95.3 Å². The first-order chi connectivity index (χ1) is 7.69. The van der Waals surface area contributed by atoms with Crippen LogP contribution in [0.2, 0.25) is 0 Å². The minimum atomic E-state index is -0.0954. The van der Waals surface area contributed by atoms with Crippen molar-refractivity contribution < 1.29 is 19.1 Å². The van der Waals surface area contributed by atoms with Gasteiger partial charge in [-0.2, -0.15) is 0 Å². The molecule has 16 heavy (non-hydrogen) atoms. The zero-order valence-corrected chi connectivity index (χ0v) is 9.77. The van der Waals surface area contributed by atoms with Crippen LogP contribution in [0.4, 0.5) is 0 Å². The summed E-state index contributed by atoms with van der Waals surface area (Å²) in [6.07, 6.45) is 1.78. The third-order valence-electron chi connectivity index (χ3n) is 3.41. The summed E-state index contributed by atoms with van der Waals surface area (Å²) >= 11 is 0. The second-order valence-electron chi connectivity index (χ2n) is 4.52. The lowest BCUT2D eigenvalue weighted by Crippen LogP contribution is -2.11. The van der Waals surface area contributed by atoms with Crippen LogP contribution in [0.1, 0.15) is 26.7 Å². The molecule has 90 valence electrons. The van der Waals surface area contributed by atoms with Crippen LogP contribution in [-0.2, 0) is 19.1 Å². The molecule has 0 bridgehead atoms. The van der Waals surface area contributed by atoms with Crippen LogP contribution in [0.15, 0.2) is 0 Å². The molecule has 4 unspecified atom stereocenters. The van der Waals surface area contributed by atoms with E-state index >= 15 is 0 Å². The Kier molecular flexibility index (Phi) is 3.17. The summed E-state index contributed by atoms with van der Waals surface area (Å²) in [5, 5.41) is 0. The predicted molar refractivity (Wildman–Crippen MR) is 56.5 cm³/mol. The minimum absolute atomic E-state index is 0.0457. The van der Waals surface area contributed by atoms with Crippen molar-refractivity contribution in [3.8, 4) is 0 Å². The fourth-order valence-corrected chi connectivity index (χ4v) is 2.42. The number of hydrogen-bond donors (Lipinski definition) is 0. The molecule has 0 spiro atoms. The highest BCUT2D eigenvalue weighted by molar-refractivity contribution is 5.78. The normalized spacial score (nSPS) is 35.4. The summed E-state index contributed by atoms with van der Waals surface area (Å²) < 4.78 is 9.92. The molecule has 0 aromatic heterocycles. The van der Waals surface area contributed by atoms with Gasteiger partial charge in [0.2, 0.25) is 0 Å². The molecule has 0 aromatic rings. The number of hydrogen-bond acceptors (Lipinski definition) is 4. The largest absolute Gasteiger partial charge is 0.466 e. The first-order valence-corrected chi connectivity index (χ1v) is 6.02. The molecule has 2 fully saturated rings. The van der Waals surface area contributed by atoms with Gasteiger partial charge in [-0.3, -0.25) is 9.59 Å². The summed E-state index contributed by atoms with van der Waals surface area (Å²) in [6, 6.07) is 0. The molecule has 0 saturated heterocycles. The van der Waals surface area contributed by atoms with Crippen molar-refractivity contribution in [2.45, 2.75) is 26.7 Å². The average Bonchev–Trinajstić information content (AvgIpc) is 3.11. The standard InChI is InChI=1S/C12H18O4/c1-3-15-11(13)9-5-7(9)8-6-10(8)12(14)16-4-2/h7-10H,3-6H2,1-2H3. The molecule has 0 N–H and O–H groups in total. The topological polar surface area (TPSA) is 52.6 Å². The summed E-state index contributed by atoms with van der Waals surface area (Å²) in [5.74, 6) is 0.639. The Hall–Kier alpha value is -1.06. The van der Waals surface area contributed by atoms with Gasteiger partial charge in [0, 0.05) is 0 Å². The molecule has 4 heteroatoms. The number of carbonyl (C=O) groups excluding carboxylic acids is 2. The molecule has 2 rings (SSSR count). The van der Waals surface area contributed by atoms with Crippen molar-refractivity contribution in [3.05, 3.63) is 0 Å². The van der Waals surface area contributed by atoms with E-state index in [9.17, 15) is 9.59 Å². The van der Waals surface area contributed by atoms with E-state index in [0.29, 0.717) is 25.0 Å². The molecule has 0 aromatic carbocycles. The van der Waals surface area contributed by atoms with Gasteiger partial charge in [-0.1, -0.05) is 0 Å². The molecule has 2 aliphatic rings. The Morgan fingerprint density at radius 1 is 0.938 bits per heavy atom. The van der Waals surface area contributed by atoms with E-state index in [0.717, 1.165) is 12.8 Å². The fourth-order valence-electron chi connectivity index (χ4n) is 2.42. The lowest BCUT2D eigenvalue weighted by Gasteiger charge is -2.01. The maximum Gasteiger partial charge on any atom is 0.309 e. The Balaban J connectivity index is 1.74. The molecule has 2 saturated carbocycles. The van der Waals surface area contributed by atoms with Gasteiger partial charge < -0.3 is 9.47 Å². The molecule has 2 aliphatic carbocycles. The fraction of sp³-hybridized carbons (Fsp3) is 0.833. The molecule has 0 radical (unpaired) electrons. The van der Waals surface area contributed by atoms with Crippen LogP contribution in [0.3, 0.4) is 0 Å². The van der Waals surface area contributed by atoms with E-state index in [4.69, 9.17) is 9.47 Å². The summed E-state index contributed by atoms with van der Waals surface area (Å²) in [6.45, 7) is 4.50. The predicted octanol–water partition coefficient (Wildman–Crippen LogP) is 1.38. The number of esters is 2.